The van der Waals surface area contributed by atoms with E-state index < -0.39 is 0 Å². The predicted octanol–water partition coefficient (Wildman–Crippen LogP) is 2.39. The first-order valence-corrected chi connectivity index (χ1v) is 7.72. The third-order valence-electron chi connectivity index (χ3n) is 4.11. The Bertz CT molecular complexity index is 895. The van der Waals surface area contributed by atoms with Crippen molar-refractivity contribution in [1.29, 1.82) is 0 Å². The molecule has 0 saturated carbocycles. The lowest BCUT2D eigenvalue weighted by molar-refractivity contribution is 0.0774. The number of aromatic amines is 1. The molecule has 1 saturated heterocycles. The fourth-order valence-electron chi connectivity index (χ4n) is 2.95. The maximum absolute atomic E-state index is 13.2. The second kappa shape index (κ2) is 5.92. The van der Waals surface area contributed by atoms with Gasteiger partial charge in [0.15, 0.2) is 0 Å². The van der Waals surface area contributed by atoms with E-state index in [9.17, 15) is 9.18 Å². The van der Waals surface area contributed by atoms with Crippen LogP contribution in [-0.2, 0) is 0 Å². The number of benzene rings is 2. The quantitative estimate of drug-likeness (QED) is 0.802. The Hall–Kier alpha value is -2.96. The molecule has 1 atom stereocenters. The largest absolute Gasteiger partial charge is 0.488 e. The van der Waals surface area contributed by atoms with E-state index in [2.05, 4.69) is 15.4 Å². The van der Waals surface area contributed by atoms with Gasteiger partial charge in [-0.25, -0.2) is 4.39 Å². The molecule has 2 aromatic carbocycles. The third kappa shape index (κ3) is 2.68. The molecule has 1 N–H and O–H groups in total. The van der Waals surface area contributed by atoms with E-state index in [1.807, 2.05) is 0 Å². The summed E-state index contributed by atoms with van der Waals surface area (Å²) >= 11 is 0. The number of ether oxygens (including phenoxy) is 1. The zero-order valence-electron chi connectivity index (χ0n) is 12.8. The van der Waals surface area contributed by atoms with Crippen LogP contribution < -0.4 is 4.74 Å². The molecule has 0 aliphatic carbocycles. The van der Waals surface area contributed by atoms with Gasteiger partial charge in [-0.05, 0) is 24.3 Å². The number of aromatic nitrogens is 3. The minimum Gasteiger partial charge on any atom is -0.488 e. The van der Waals surface area contributed by atoms with Crippen LogP contribution in [0, 0.1) is 5.82 Å². The first-order valence-electron chi connectivity index (χ1n) is 7.72. The topological polar surface area (TPSA) is 71.1 Å². The normalized spacial score (nSPS) is 17.4. The molecule has 4 rings (SSSR count). The zero-order chi connectivity index (χ0) is 16.5. The standard InChI is InChI=1S/C17H15FN4O2/c18-11-3-1-4-12(9-11)24-13-7-8-22(10-13)17(23)14-5-2-6-15-16(14)20-21-19-15/h1-6,9,13H,7-8,10H2,(H,19,20,21)/t13-/m1/s1. The van der Waals surface area contributed by atoms with Crippen molar-refractivity contribution in [1.82, 2.24) is 20.3 Å². The summed E-state index contributed by atoms with van der Waals surface area (Å²) in [4.78, 5) is 14.5. The van der Waals surface area contributed by atoms with E-state index >= 15 is 0 Å². The van der Waals surface area contributed by atoms with Crippen molar-refractivity contribution < 1.29 is 13.9 Å². The van der Waals surface area contributed by atoms with Crippen molar-refractivity contribution in [3.05, 3.63) is 53.8 Å². The van der Waals surface area contributed by atoms with Crippen molar-refractivity contribution in [2.75, 3.05) is 13.1 Å². The van der Waals surface area contributed by atoms with Gasteiger partial charge in [0, 0.05) is 19.0 Å². The fraction of sp³-hybridized carbons (Fsp3) is 0.235. The molecule has 122 valence electrons. The highest BCUT2D eigenvalue weighted by Gasteiger charge is 2.29. The first kappa shape index (κ1) is 14.6. The van der Waals surface area contributed by atoms with Gasteiger partial charge >= 0.3 is 0 Å². The monoisotopic (exact) mass is 326 g/mol. The van der Waals surface area contributed by atoms with Gasteiger partial charge in [0.2, 0.25) is 0 Å². The molecule has 1 amide bonds. The molecule has 24 heavy (non-hydrogen) atoms. The van der Waals surface area contributed by atoms with Crippen LogP contribution in [-0.4, -0.2) is 45.4 Å². The van der Waals surface area contributed by atoms with E-state index in [0.29, 0.717) is 41.9 Å². The molecular formula is C17H15FN4O2. The molecule has 3 aromatic rings. The molecule has 1 aromatic heterocycles. The van der Waals surface area contributed by atoms with Crippen molar-refractivity contribution in [2.24, 2.45) is 0 Å². The molecular weight excluding hydrogens is 311 g/mol. The Balaban J connectivity index is 1.48. The number of nitrogens with zero attached hydrogens (tertiary/aromatic N) is 3. The number of likely N-dealkylation sites (tertiary alicyclic amines) is 1. The van der Waals surface area contributed by atoms with Gasteiger partial charge in [0.05, 0.1) is 12.1 Å². The minimum absolute atomic E-state index is 0.0974. The Kier molecular flexibility index (Phi) is 3.60. The molecule has 6 nitrogen and oxygen atoms in total. The number of carbonyl (C=O) groups is 1. The Morgan fingerprint density at radius 1 is 1.25 bits per heavy atom. The number of carbonyl (C=O) groups excluding carboxylic acids is 1. The van der Waals surface area contributed by atoms with Crippen LogP contribution in [0.3, 0.4) is 0 Å². The molecule has 1 fully saturated rings. The van der Waals surface area contributed by atoms with Crippen LogP contribution in [0.4, 0.5) is 4.39 Å². The Labute approximate surface area is 137 Å². The highest BCUT2D eigenvalue weighted by atomic mass is 19.1. The number of rotatable bonds is 3. The molecule has 1 aliphatic heterocycles. The van der Waals surface area contributed by atoms with Crippen molar-refractivity contribution >= 4 is 16.9 Å². The van der Waals surface area contributed by atoms with E-state index in [0.717, 1.165) is 0 Å². The smallest absolute Gasteiger partial charge is 0.256 e. The van der Waals surface area contributed by atoms with Gasteiger partial charge < -0.3 is 9.64 Å². The Morgan fingerprint density at radius 2 is 2.12 bits per heavy atom. The summed E-state index contributed by atoms with van der Waals surface area (Å²) in [7, 11) is 0. The lowest BCUT2D eigenvalue weighted by Gasteiger charge is -2.17. The molecule has 0 bridgehead atoms. The Morgan fingerprint density at radius 3 is 3.00 bits per heavy atom. The van der Waals surface area contributed by atoms with Gasteiger partial charge in [-0.3, -0.25) is 4.79 Å². The first-order chi connectivity index (χ1) is 11.7. The number of H-pyrrole nitrogens is 1. The molecule has 0 spiro atoms. The van der Waals surface area contributed by atoms with Gasteiger partial charge in [-0.1, -0.05) is 12.1 Å². The number of nitrogens with one attached hydrogen (secondary N) is 1. The van der Waals surface area contributed by atoms with E-state index in [-0.39, 0.29) is 17.8 Å². The molecule has 0 unspecified atom stereocenters. The zero-order valence-corrected chi connectivity index (χ0v) is 12.8. The maximum Gasteiger partial charge on any atom is 0.256 e. The van der Waals surface area contributed by atoms with E-state index in [1.54, 1.807) is 35.2 Å². The summed E-state index contributed by atoms with van der Waals surface area (Å²) in [6, 6.07) is 11.4. The molecule has 1 aliphatic rings. The van der Waals surface area contributed by atoms with Crippen LogP contribution in [0.1, 0.15) is 16.8 Å². The lowest BCUT2D eigenvalue weighted by atomic mass is 10.1. The number of para-hydroxylation sites is 1. The van der Waals surface area contributed by atoms with Gasteiger partial charge in [0.25, 0.3) is 5.91 Å². The summed E-state index contributed by atoms with van der Waals surface area (Å²) in [5.74, 6) is 0.0453. The van der Waals surface area contributed by atoms with Crippen molar-refractivity contribution in [3.63, 3.8) is 0 Å². The molecule has 0 radical (unpaired) electrons. The van der Waals surface area contributed by atoms with E-state index in [4.69, 9.17) is 4.74 Å². The maximum atomic E-state index is 13.2. The van der Waals surface area contributed by atoms with Crippen LogP contribution in [0.15, 0.2) is 42.5 Å². The lowest BCUT2D eigenvalue weighted by Crippen LogP contribution is -2.31. The third-order valence-corrected chi connectivity index (χ3v) is 4.11. The number of halogens is 1. The van der Waals surface area contributed by atoms with Crippen LogP contribution in [0.2, 0.25) is 0 Å². The highest BCUT2D eigenvalue weighted by Crippen LogP contribution is 2.22. The number of amides is 1. The van der Waals surface area contributed by atoms with Gasteiger partial charge in [0.1, 0.15) is 28.7 Å². The number of fused-ring (bicyclic) bond motifs is 1. The minimum atomic E-state index is -0.337. The molecule has 7 heteroatoms. The van der Waals surface area contributed by atoms with Crippen molar-refractivity contribution in [3.8, 4) is 5.75 Å². The summed E-state index contributed by atoms with van der Waals surface area (Å²) in [6.45, 7) is 1.05. The van der Waals surface area contributed by atoms with Gasteiger partial charge in [-0.2, -0.15) is 15.4 Å². The number of hydrogen-bond donors (Lipinski definition) is 1. The number of hydrogen-bond acceptors (Lipinski definition) is 4. The average molecular weight is 326 g/mol. The van der Waals surface area contributed by atoms with Crippen LogP contribution in [0.5, 0.6) is 5.75 Å². The second-order valence-electron chi connectivity index (χ2n) is 5.73. The summed E-state index contributed by atoms with van der Waals surface area (Å²) in [5.41, 5.74) is 1.75. The highest BCUT2D eigenvalue weighted by molar-refractivity contribution is 6.04. The fourth-order valence-corrected chi connectivity index (χ4v) is 2.95. The molecule has 2 heterocycles. The summed E-state index contributed by atoms with van der Waals surface area (Å²) < 4.78 is 19.0. The van der Waals surface area contributed by atoms with Crippen LogP contribution >= 0.6 is 0 Å². The van der Waals surface area contributed by atoms with Gasteiger partial charge in [-0.15, -0.1) is 0 Å². The average Bonchev–Trinajstić information content (AvgIpc) is 3.23. The van der Waals surface area contributed by atoms with E-state index in [1.165, 1.54) is 12.1 Å². The summed E-state index contributed by atoms with van der Waals surface area (Å²) in [6.07, 6.45) is 0.559. The SMILES string of the molecule is O=C(c1cccc2n[nH]nc12)N1CC[C@@H](Oc2cccc(F)c2)C1. The van der Waals surface area contributed by atoms with Crippen molar-refractivity contribution in [2.45, 2.75) is 12.5 Å². The predicted molar refractivity (Wildman–Crippen MR) is 85.2 cm³/mol. The second-order valence-corrected chi connectivity index (χ2v) is 5.73. The summed E-state index contributed by atoms with van der Waals surface area (Å²) in [5, 5.41) is 10.6. The van der Waals surface area contributed by atoms with Crippen LogP contribution in [0.25, 0.3) is 11.0 Å².